The summed E-state index contributed by atoms with van der Waals surface area (Å²) in [5.41, 5.74) is -0.146. The second kappa shape index (κ2) is 6.75. The van der Waals surface area contributed by atoms with Crippen molar-refractivity contribution in [3.8, 4) is 0 Å². The average molecular weight is 460 g/mol. The van der Waals surface area contributed by atoms with Gasteiger partial charge < -0.3 is 14.2 Å². The van der Waals surface area contributed by atoms with E-state index in [2.05, 4.69) is 32.6 Å². The lowest BCUT2D eigenvalue weighted by molar-refractivity contribution is -0.267. The van der Waals surface area contributed by atoms with Crippen LogP contribution in [0.2, 0.25) is 0 Å². The quantitative estimate of drug-likeness (QED) is 0.578. The van der Waals surface area contributed by atoms with Crippen LogP contribution in [-0.2, 0) is 23.8 Å². The van der Waals surface area contributed by atoms with Crippen molar-refractivity contribution in [3.05, 3.63) is 0 Å². The van der Waals surface area contributed by atoms with Crippen molar-refractivity contribution in [3.63, 3.8) is 0 Å². The van der Waals surface area contributed by atoms with Crippen LogP contribution < -0.4 is 0 Å². The van der Waals surface area contributed by atoms with E-state index < -0.39 is 0 Å². The molecule has 3 heterocycles. The van der Waals surface area contributed by atoms with Crippen LogP contribution in [0.15, 0.2) is 0 Å². The highest BCUT2D eigenvalue weighted by atomic mass is 16.6. The SMILES string of the molecule is COC(=O)[C@@H]1CCC2[C@@]3(C4OC5(C)CC([C@H]13)N4C5)[C@H](OC(C)=O)C[C@H]1C(C)(C)CCC[C@]21C. The minimum Gasteiger partial charge on any atom is -0.469 e. The zero-order valence-electron chi connectivity index (χ0n) is 21.2. The first-order valence-electron chi connectivity index (χ1n) is 13.2. The third kappa shape index (κ3) is 2.63. The zero-order chi connectivity index (χ0) is 23.6. The molecule has 6 aliphatic rings. The summed E-state index contributed by atoms with van der Waals surface area (Å²) in [6, 6.07) is 0.301. The smallest absolute Gasteiger partial charge is 0.309 e. The number of hydrogen-bond donors (Lipinski definition) is 0. The first-order chi connectivity index (χ1) is 15.5. The third-order valence-corrected chi connectivity index (χ3v) is 11.4. The van der Waals surface area contributed by atoms with Crippen molar-refractivity contribution < 1.29 is 23.8 Å². The maximum absolute atomic E-state index is 13.2. The molecule has 0 aromatic rings. The first kappa shape index (κ1) is 22.3. The molecule has 2 bridgehead atoms. The predicted octanol–water partition coefficient (Wildman–Crippen LogP) is 4.16. The Bertz CT molecular complexity index is 888. The van der Waals surface area contributed by atoms with Crippen LogP contribution in [-0.4, -0.2) is 54.5 Å². The van der Waals surface area contributed by atoms with Gasteiger partial charge in [0.05, 0.1) is 24.0 Å². The summed E-state index contributed by atoms with van der Waals surface area (Å²) in [4.78, 5) is 28.2. The van der Waals surface area contributed by atoms with E-state index in [1.165, 1.54) is 26.4 Å². The minimum absolute atomic E-state index is 0.0733. The maximum atomic E-state index is 13.2. The Kier molecular flexibility index (Phi) is 4.57. The molecule has 3 saturated heterocycles. The summed E-state index contributed by atoms with van der Waals surface area (Å²) >= 11 is 0. The molecule has 33 heavy (non-hydrogen) atoms. The second-order valence-electron chi connectivity index (χ2n) is 13.4. The molecule has 0 N–H and O–H groups in total. The Balaban J connectivity index is 1.56. The molecule has 6 fully saturated rings. The molecule has 6 nitrogen and oxygen atoms in total. The van der Waals surface area contributed by atoms with Crippen LogP contribution in [0, 0.1) is 39.9 Å². The Hall–Kier alpha value is -1.14. The summed E-state index contributed by atoms with van der Waals surface area (Å²) in [7, 11) is 1.52. The largest absolute Gasteiger partial charge is 0.469 e. The second-order valence-corrected chi connectivity index (χ2v) is 13.4. The van der Waals surface area contributed by atoms with Crippen molar-refractivity contribution in [2.24, 2.45) is 39.9 Å². The molecule has 0 aromatic carbocycles. The molecule has 3 aliphatic carbocycles. The lowest BCUT2D eigenvalue weighted by Gasteiger charge is -2.68. The standard InChI is InChI=1S/C27H41NO5/c1-15(29)32-20-12-19-24(2,3)10-7-11-26(19,5)18-9-8-16(22(30)31-6)21-17-13-25(4)14-28(17)23(33-25)27(18,20)21/h16-21,23H,7-14H2,1-6H3/t16-,17?,18?,19+,20-,21+,23?,25?,26-,27-/m1/s1. The van der Waals surface area contributed by atoms with Crippen LogP contribution >= 0.6 is 0 Å². The van der Waals surface area contributed by atoms with Gasteiger partial charge in [-0.25, -0.2) is 0 Å². The van der Waals surface area contributed by atoms with E-state index in [9.17, 15) is 9.59 Å². The Morgan fingerprint density at radius 3 is 2.48 bits per heavy atom. The number of carbonyl (C=O) groups is 2. The van der Waals surface area contributed by atoms with Crippen molar-refractivity contribution in [2.45, 2.75) is 104 Å². The van der Waals surface area contributed by atoms with E-state index in [1.54, 1.807) is 6.92 Å². The average Bonchev–Trinajstić information content (AvgIpc) is 3.30. The van der Waals surface area contributed by atoms with Gasteiger partial charge in [-0.15, -0.1) is 0 Å². The molecule has 0 radical (unpaired) electrons. The van der Waals surface area contributed by atoms with Gasteiger partial charge in [0.1, 0.15) is 12.3 Å². The van der Waals surface area contributed by atoms with Gasteiger partial charge in [-0.1, -0.05) is 27.2 Å². The Morgan fingerprint density at radius 1 is 1.06 bits per heavy atom. The number of fused-ring (bicyclic) bond motifs is 4. The first-order valence-corrected chi connectivity index (χ1v) is 13.2. The number of hydrogen-bond acceptors (Lipinski definition) is 6. The van der Waals surface area contributed by atoms with Crippen LogP contribution in [0.4, 0.5) is 0 Å². The van der Waals surface area contributed by atoms with Gasteiger partial charge >= 0.3 is 11.9 Å². The molecule has 10 atom stereocenters. The summed E-state index contributed by atoms with van der Waals surface area (Å²) in [6.07, 6.45) is 7.07. The van der Waals surface area contributed by atoms with Gasteiger partial charge in [0.15, 0.2) is 0 Å². The Labute approximate surface area is 198 Å². The van der Waals surface area contributed by atoms with Crippen molar-refractivity contribution in [1.82, 2.24) is 4.90 Å². The highest BCUT2D eigenvalue weighted by Crippen LogP contribution is 2.76. The fourth-order valence-corrected chi connectivity index (χ4v) is 10.7. The van der Waals surface area contributed by atoms with Gasteiger partial charge in [-0.05, 0) is 68.1 Å². The Morgan fingerprint density at radius 2 is 1.82 bits per heavy atom. The van der Waals surface area contributed by atoms with Gasteiger partial charge in [0.2, 0.25) is 0 Å². The summed E-state index contributed by atoms with van der Waals surface area (Å²) < 4.78 is 18.6. The molecule has 184 valence electrons. The highest BCUT2D eigenvalue weighted by molar-refractivity contribution is 5.73. The highest BCUT2D eigenvalue weighted by Gasteiger charge is 2.81. The van der Waals surface area contributed by atoms with E-state index in [0.717, 1.165) is 32.2 Å². The molecule has 0 amide bonds. The normalized spacial score (nSPS) is 53.7. The molecular formula is C27H41NO5. The van der Waals surface area contributed by atoms with Gasteiger partial charge in [0.25, 0.3) is 0 Å². The van der Waals surface area contributed by atoms with Crippen LogP contribution in [0.25, 0.3) is 0 Å². The summed E-state index contributed by atoms with van der Waals surface area (Å²) in [5, 5.41) is 0. The minimum atomic E-state index is -0.347. The lowest BCUT2D eigenvalue weighted by Crippen LogP contribution is -2.69. The summed E-state index contributed by atoms with van der Waals surface area (Å²) in [6.45, 7) is 12.0. The van der Waals surface area contributed by atoms with Crippen molar-refractivity contribution in [1.29, 1.82) is 0 Å². The third-order valence-electron chi connectivity index (χ3n) is 11.4. The van der Waals surface area contributed by atoms with E-state index in [4.69, 9.17) is 14.2 Å². The van der Waals surface area contributed by atoms with Crippen LogP contribution in [0.5, 0.6) is 0 Å². The molecule has 3 saturated carbocycles. The molecule has 6 heteroatoms. The summed E-state index contributed by atoms with van der Waals surface area (Å²) in [5.74, 6) is 0.533. The number of methoxy groups -OCH3 is 1. The molecular weight excluding hydrogens is 418 g/mol. The molecule has 1 spiro atoms. The fourth-order valence-electron chi connectivity index (χ4n) is 10.7. The van der Waals surface area contributed by atoms with Crippen molar-refractivity contribution in [2.75, 3.05) is 13.7 Å². The number of esters is 2. The maximum Gasteiger partial charge on any atom is 0.309 e. The number of ether oxygens (including phenoxy) is 3. The van der Waals surface area contributed by atoms with E-state index in [-0.39, 0.29) is 58.0 Å². The molecule has 3 aliphatic heterocycles. The van der Waals surface area contributed by atoms with E-state index in [1.807, 2.05) is 0 Å². The van der Waals surface area contributed by atoms with E-state index in [0.29, 0.717) is 17.9 Å². The van der Waals surface area contributed by atoms with Gasteiger partial charge in [-0.3, -0.25) is 14.5 Å². The number of nitrogens with zero attached hydrogens (tertiary/aromatic N) is 1. The van der Waals surface area contributed by atoms with Crippen LogP contribution in [0.1, 0.15) is 79.6 Å². The fraction of sp³-hybridized carbons (Fsp3) is 0.926. The van der Waals surface area contributed by atoms with E-state index >= 15 is 0 Å². The number of carbonyl (C=O) groups excluding carboxylic acids is 2. The molecule has 6 rings (SSSR count). The zero-order valence-corrected chi connectivity index (χ0v) is 21.2. The van der Waals surface area contributed by atoms with Gasteiger partial charge in [0, 0.05) is 25.4 Å². The predicted molar refractivity (Wildman–Crippen MR) is 122 cm³/mol. The topological polar surface area (TPSA) is 65.1 Å². The lowest BCUT2D eigenvalue weighted by atomic mass is 9.37. The van der Waals surface area contributed by atoms with Gasteiger partial charge in [-0.2, -0.15) is 0 Å². The van der Waals surface area contributed by atoms with Crippen molar-refractivity contribution >= 4 is 11.9 Å². The number of rotatable bonds is 2. The molecule has 4 unspecified atom stereocenters. The monoisotopic (exact) mass is 459 g/mol. The molecule has 0 aromatic heterocycles. The van der Waals surface area contributed by atoms with Crippen LogP contribution in [0.3, 0.4) is 0 Å².